The van der Waals surface area contributed by atoms with Crippen LogP contribution in [0.4, 0.5) is 0 Å². The van der Waals surface area contributed by atoms with Crippen LogP contribution in [0.15, 0.2) is 87.5 Å². The number of hydrogen-bond donors (Lipinski definition) is 0. The number of sulfonamides is 1. The second kappa shape index (κ2) is 8.49. The van der Waals surface area contributed by atoms with Crippen molar-refractivity contribution < 1.29 is 13.2 Å². The number of fused-ring (bicyclic) bond motifs is 1. The van der Waals surface area contributed by atoms with Gasteiger partial charge < -0.3 is 0 Å². The van der Waals surface area contributed by atoms with Crippen LogP contribution in [0.3, 0.4) is 0 Å². The molecule has 8 heteroatoms. The Morgan fingerprint density at radius 3 is 2.58 bits per heavy atom. The lowest BCUT2D eigenvalue weighted by Crippen LogP contribution is -2.29. The quantitative estimate of drug-likeness (QED) is 0.426. The van der Waals surface area contributed by atoms with E-state index in [0.29, 0.717) is 10.6 Å². The van der Waals surface area contributed by atoms with Crippen molar-refractivity contribution in [2.75, 3.05) is 6.54 Å². The van der Waals surface area contributed by atoms with Gasteiger partial charge in [-0.15, -0.1) is 11.0 Å². The molecule has 0 spiro atoms. The molecule has 0 radical (unpaired) electrons. The van der Waals surface area contributed by atoms with E-state index in [2.05, 4.69) is 16.0 Å². The van der Waals surface area contributed by atoms with Gasteiger partial charge in [-0.1, -0.05) is 48.0 Å². The van der Waals surface area contributed by atoms with Gasteiger partial charge in [-0.05, 0) is 49.0 Å². The number of nitrogens with zero attached hydrogens (tertiary/aromatic N) is 3. The monoisotopic (exact) mass is 449 g/mol. The molecule has 6 nitrogen and oxygen atoms in total. The number of thioether (sulfide) groups is 1. The summed E-state index contributed by atoms with van der Waals surface area (Å²) in [5, 5.41) is 1.09. The summed E-state index contributed by atoms with van der Waals surface area (Å²) >= 11 is 1.01. The van der Waals surface area contributed by atoms with Gasteiger partial charge in [0.1, 0.15) is 0 Å². The molecule has 3 aromatic rings. The third-order valence-electron chi connectivity index (χ3n) is 4.62. The zero-order valence-electron chi connectivity index (χ0n) is 16.7. The summed E-state index contributed by atoms with van der Waals surface area (Å²) in [6.07, 6.45) is 3.18. The van der Waals surface area contributed by atoms with E-state index >= 15 is 0 Å². The van der Waals surface area contributed by atoms with E-state index in [9.17, 15) is 13.2 Å². The van der Waals surface area contributed by atoms with Crippen LogP contribution >= 0.6 is 11.8 Å². The van der Waals surface area contributed by atoms with Gasteiger partial charge in [-0.2, -0.15) is 8.42 Å². The molecule has 2 aromatic carbocycles. The van der Waals surface area contributed by atoms with E-state index < -0.39 is 10.0 Å². The highest BCUT2D eigenvalue weighted by Crippen LogP contribution is 2.33. The fourth-order valence-corrected chi connectivity index (χ4v) is 5.20. The molecule has 0 bridgehead atoms. The predicted molar refractivity (Wildman–Crippen MR) is 125 cm³/mol. The Kier molecular flexibility index (Phi) is 5.75. The van der Waals surface area contributed by atoms with E-state index in [0.717, 1.165) is 28.2 Å². The van der Waals surface area contributed by atoms with Crippen LogP contribution in [0, 0.1) is 6.92 Å². The molecule has 1 saturated heterocycles. The lowest BCUT2D eigenvalue weighted by atomic mass is 10.2. The Bertz CT molecular complexity index is 1340. The maximum atomic E-state index is 12.9. The smallest absolute Gasteiger partial charge is 0.282 e. The SMILES string of the molecule is C=CCN1C(=O)/C(=C/c2ccc3ccccc3n2)S/C1=N\S(=O)(=O)c1ccc(C)cc1. The number of aryl methyl sites for hydroxylation is 1. The number of pyridine rings is 1. The molecule has 0 aliphatic carbocycles. The van der Waals surface area contributed by atoms with Gasteiger partial charge in [-0.25, -0.2) is 4.98 Å². The third-order valence-corrected chi connectivity index (χ3v) is 7.02. The number of rotatable bonds is 5. The van der Waals surface area contributed by atoms with Gasteiger partial charge in [-0.3, -0.25) is 9.69 Å². The zero-order chi connectivity index (χ0) is 22.0. The molecule has 1 amide bonds. The summed E-state index contributed by atoms with van der Waals surface area (Å²) in [5.41, 5.74) is 2.36. The van der Waals surface area contributed by atoms with E-state index in [1.807, 2.05) is 43.3 Å². The minimum absolute atomic E-state index is 0.0748. The minimum Gasteiger partial charge on any atom is -0.282 e. The Morgan fingerprint density at radius 1 is 1.10 bits per heavy atom. The molecule has 0 N–H and O–H groups in total. The van der Waals surface area contributed by atoms with Crippen molar-refractivity contribution in [3.8, 4) is 0 Å². The fraction of sp³-hybridized carbons (Fsp3) is 0.0870. The van der Waals surface area contributed by atoms with Crippen LogP contribution in [0.5, 0.6) is 0 Å². The molecule has 0 atom stereocenters. The van der Waals surface area contributed by atoms with E-state index in [4.69, 9.17) is 0 Å². The number of carbonyl (C=O) groups is 1. The summed E-state index contributed by atoms with van der Waals surface area (Å²) in [7, 11) is -3.96. The first-order chi connectivity index (χ1) is 14.9. The molecule has 1 aromatic heterocycles. The van der Waals surface area contributed by atoms with Crippen molar-refractivity contribution in [2.24, 2.45) is 4.40 Å². The molecule has 1 aliphatic heterocycles. The van der Waals surface area contributed by atoms with Crippen LogP contribution in [-0.4, -0.2) is 35.9 Å². The normalized spacial score (nSPS) is 17.1. The van der Waals surface area contributed by atoms with Crippen molar-refractivity contribution in [3.63, 3.8) is 0 Å². The number of aromatic nitrogens is 1. The first-order valence-electron chi connectivity index (χ1n) is 9.47. The Morgan fingerprint density at radius 2 is 1.84 bits per heavy atom. The van der Waals surface area contributed by atoms with Gasteiger partial charge >= 0.3 is 0 Å². The lowest BCUT2D eigenvalue weighted by Gasteiger charge is -2.12. The Balaban J connectivity index is 1.71. The van der Waals surface area contributed by atoms with Crippen molar-refractivity contribution in [2.45, 2.75) is 11.8 Å². The number of amidine groups is 1. The second-order valence-electron chi connectivity index (χ2n) is 6.91. The van der Waals surface area contributed by atoms with E-state index in [1.165, 1.54) is 23.1 Å². The van der Waals surface area contributed by atoms with Crippen LogP contribution in [0.2, 0.25) is 0 Å². The zero-order valence-corrected chi connectivity index (χ0v) is 18.4. The number of carbonyl (C=O) groups excluding carboxylic acids is 1. The van der Waals surface area contributed by atoms with E-state index in [1.54, 1.807) is 18.2 Å². The van der Waals surface area contributed by atoms with Crippen molar-refractivity contribution in [3.05, 3.63) is 89.5 Å². The van der Waals surface area contributed by atoms with Crippen LogP contribution in [-0.2, 0) is 14.8 Å². The molecule has 4 rings (SSSR count). The second-order valence-corrected chi connectivity index (χ2v) is 9.52. The lowest BCUT2D eigenvalue weighted by molar-refractivity contribution is -0.121. The van der Waals surface area contributed by atoms with Crippen molar-refractivity contribution in [1.82, 2.24) is 9.88 Å². The van der Waals surface area contributed by atoms with Gasteiger partial charge in [0, 0.05) is 11.9 Å². The number of para-hydroxylation sites is 1. The average Bonchev–Trinajstić information content (AvgIpc) is 3.02. The van der Waals surface area contributed by atoms with Crippen LogP contribution in [0.25, 0.3) is 17.0 Å². The van der Waals surface area contributed by atoms with E-state index in [-0.39, 0.29) is 22.5 Å². The maximum absolute atomic E-state index is 12.9. The minimum atomic E-state index is -3.96. The highest BCUT2D eigenvalue weighted by molar-refractivity contribution is 8.19. The van der Waals surface area contributed by atoms with Gasteiger partial charge in [0.15, 0.2) is 5.17 Å². The van der Waals surface area contributed by atoms with Crippen LogP contribution in [0.1, 0.15) is 11.3 Å². The summed E-state index contributed by atoms with van der Waals surface area (Å²) in [6.45, 7) is 5.68. The number of benzene rings is 2. The molecule has 0 saturated carbocycles. The molecule has 0 unspecified atom stereocenters. The van der Waals surface area contributed by atoms with Crippen LogP contribution < -0.4 is 0 Å². The fourth-order valence-electron chi connectivity index (χ4n) is 3.03. The van der Waals surface area contributed by atoms with Crippen molar-refractivity contribution in [1.29, 1.82) is 0 Å². The standard InChI is InChI=1S/C23H19N3O3S2/c1-3-14-26-22(27)21(15-18-11-10-17-6-4-5-7-20(17)24-18)30-23(26)25-31(28,29)19-12-8-16(2)9-13-19/h3-13,15H,1,14H2,2H3/b21-15-,25-23-. The first-order valence-corrected chi connectivity index (χ1v) is 11.7. The average molecular weight is 450 g/mol. The summed E-state index contributed by atoms with van der Waals surface area (Å²) in [6, 6.07) is 17.9. The Hall–Kier alpha value is -3.23. The number of amides is 1. The van der Waals surface area contributed by atoms with Crippen molar-refractivity contribution >= 4 is 49.8 Å². The highest BCUT2D eigenvalue weighted by atomic mass is 32.2. The summed E-state index contributed by atoms with van der Waals surface area (Å²) < 4.78 is 29.5. The molecular weight excluding hydrogens is 430 g/mol. The largest absolute Gasteiger partial charge is 0.284 e. The third kappa shape index (κ3) is 4.45. The molecule has 1 fully saturated rings. The molecule has 156 valence electrons. The summed E-state index contributed by atoms with van der Waals surface area (Å²) in [4.78, 5) is 19.2. The molecule has 2 heterocycles. The molecule has 31 heavy (non-hydrogen) atoms. The highest BCUT2D eigenvalue weighted by Gasteiger charge is 2.34. The van der Waals surface area contributed by atoms with Gasteiger partial charge in [0.25, 0.3) is 15.9 Å². The van der Waals surface area contributed by atoms with Gasteiger partial charge in [0.2, 0.25) is 0 Å². The first kappa shape index (κ1) is 21.0. The Labute approximate surface area is 185 Å². The molecule has 1 aliphatic rings. The summed E-state index contributed by atoms with van der Waals surface area (Å²) in [5.74, 6) is -0.335. The predicted octanol–water partition coefficient (Wildman–Crippen LogP) is 4.39. The van der Waals surface area contributed by atoms with Gasteiger partial charge in [0.05, 0.1) is 21.0 Å². The maximum Gasteiger partial charge on any atom is 0.284 e. The molecular formula is C23H19N3O3S2. The topological polar surface area (TPSA) is 79.7 Å². The number of hydrogen-bond acceptors (Lipinski definition) is 5.